The molecule has 0 aliphatic heterocycles. The van der Waals surface area contributed by atoms with Crippen LogP contribution in [0, 0.1) is 11.3 Å². The molecule has 3 aromatic rings. The van der Waals surface area contributed by atoms with Gasteiger partial charge in [0.05, 0.1) is 17.7 Å². The van der Waals surface area contributed by atoms with Gasteiger partial charge in [-0.2, -0.15) is 5.26 Å². The van der Waals surface area contributed by atoms with Gasteiger partial charge in [0.25, 0.3) is 5.91 Å². The molecule has 5 nitrogen and oxygen atoms in total. The number of rotatable bonds is 5. The van der Waals surface area contributed by atoms with Gasteiger partial charge in [-0.3, -0.25) is 9.59 Å². The summed E-state index contributed by atoms with van der Waals surface area (Å²) >= 11 is 0. The van der Waals surface area contributed by atoms with Gasteiger partial charge in [-0.15, -0.1) is 0 Å². The molecule has 0 bridgehead atoms. The zero-order valence-electron chi connectivity index (χ0n) is 14.8. The molecule has 0 fully saturated rings. The number of nitrogens with one attached hydrogen (secondary N) is 1. The molecule has 0 spiro atoms. The summed E-state index contributed by atoms with van der Waals surface area (Å²) in [6.45, 7) is 1.51. The first kappa shape index (κ1) is 18.2. The quantitative estimate of drug-likeness (QED) is 0.703. The number of anilines is 1. The lowest BCUT2D eigenvalue weighted by Gasteiger charge is -2.14. The van der Waals surface area contributed by atoms with Crippen LogP contribution in [-0.2, 0) is 20.7 Å². The molecule has 0 radical (unpaired) electrons. The largest absolute Gasteiger partial charge is 0.452 e. The van der Waals surface area contributed by atoms with Crippen molar-refractivity contribution >= 4 is 28.3 Å². The predicted molar refractivity (Wildman–Crippen MR) is 103 cm³/mol. The molecule has 1 amide bonds. The van der Waals surface area contributed by atoms with Crippen molar-refractivity contribution in [2.24, 2.45) is 0 Å². The number of carbonyl (C=O) groups excluding carboxylic acids is 2. The number of hydrogen-bond donors (Lipinski definition) is 1. The van der Waals surface area contributed by atoms with E-state index in [1.807, 2.05) is 48.5 Å². The Morgan fingerprint density at radius 2 is 1.74 bits per heavy atom. The molecular weight excluding hydrogens is 340 g/mol. The topological polar surface area (TPSA) is 79.2 Å². The molecule has 1 atom stereocenters. The van der Waals surface area contributed by atoms with Crippen LogP contribution >= 0.6 is 0 Å². The first-order valence-corrected chi connectivity index (χ1v) is 8.54. The highest BCUT2D eigenvalue weighted by molar-refractivity contribution is 5.96. The summed E-state index contributed by atoms with van der Waals surface area (Å²) in [5.74, 6) is -0.966. The van der Waals surface area contributed by atoms with E-state index in [1.54, 1.807) is 24.3 Å². The van der Waals surface area contributed by atoms with E-state index in [0.717, 1.165) is 16.3 Å². The van der Waals surface area contributed by atoms with Crippen molar-refractivity contribution in [3.05, 3.63) is 77.9 Å². The molecule has 0 aromatic heterocycles. The third kappa shape index (κ3) is 4.31. The Morgan fingerprint density at radius 3 is 2.56 bits per heavy atom. The molecule has 134 valence electrons. The third-order valence-electron chi connectivity index (χ3n) is 4.20. The predicted octanol–water partition coefficient (Wildman–Crippen LogP) is 3.82. The highest BCUT2D eigenvalue weighted by atomic mass is 16.5. The van der Waals surface area contributed by atoms with E-state index in [-0.39, 0.29) is 6.42 Å². The first-order valence-electron chi connectivity index (χ1n) is 8.54. The van der Waals surface area contributed by atoms with Crippen molar-refractivity contribution in [1.29, 1.82) is 5.26 Å². The fourth-order valence-corrected chi connectivity index (χ4v) is 2.82. The van der Waals surface area contributed by atoms with Crippen LogP contribution in [0.3, 0.4) is 0 Å². The molecule has 0 aliphatic rings. The maximum atomic E-state index is 12.3. The number of ether oxygens (including phenoxy) is 1. The van der Waals surface area contributed by atoms with E-state index in [0.29, 0.717) is 11.3 Å². The van der Waals surface area contributed by atoms with Gasteiger partial charge in [0, 0.05) is 0 Å². The Bertz CT molecular complexity index is 1030. The molecule has 0 unspecified atom stereocenters. The van der Waals surface area contributed by atoms with Crippen molar-refractivity contribution in [2.75, 3.05) is 5.32 Å². The fourth-order valence-electron chi connectivity index (χ4n) is 2.82. The summed E-state index contributed by atoms with van der Waals surface area (Å²) in [4.78, 5) is 24.6. The average molecular weight is 358 g/mol. The van der Waals surface area contributed by atoms with Crippen LogP contribution in [0.5, 0.6) is 0 Å². The second-order valence-corrected chi connectivity index (χ2v) is 6.09. The van der Waals surface area contributed by atoms with Gasteiger partial charge in [0.2, 0.25) is 0 Å². The zero-order chi connectivity index (χ0) is 19.2. The second kappa shape index (κ2) is 8.15. The Labute approximate surface area is 157 Å². The van der Waals surface area contributed by atoms with Crippen molar-refractivity contribution in [2.45, 2.75) is 19.4 Å². The van der Waals surface area contributed by atoms with Crippen molar-refractivity contribution < 1.29 is 14.3 Å². The van der Waals surface area contributed by atoms with Crippen LogP contribution in [0.15, 0.2) is 66.7 Å². The number of esters is 1. The smallest absolute Gasteiger partial charge is 0.311 e. The molecule has 1 N–H and O–H groups in total. The lowest BCUT2D eigenvalue weighted by Crippen LogP contribution is -2.30. The second-order valence-electron chi connectivity index (χ2n) is 6.09. The number of benzene rings is 3. The normalized spacial score (nSPS) is 11.4. The summed E-state index contributed by atoms with van der Waals surface area (Å²) in [6, 6.07) is 22.2. The SMILES string of the molecule is C[C@@H](OC(=O)Cc1cccc2ccccc12)C(=O)Nc1ccccc1C#N. The van der Waals surface area contributed by atoms with Crippen molar-refractivity contribution in [1.82, 2.24) is 0 Å². The van der Waals surface area contributed by atoms with Crippen LogP contribution < -0.4 is 5.32 Å². The van der Waals surface area contributed by atoms with E-state index in [1.165, 1.54) is 6.92 Å². The van der Waals surface area contributed by atoms with E-state index in [2.05, 4.69) is 5.32 Å². The monoisotopic (exact) mass is 358 g/mol. The molecule has 27 heavy (non-hydrogen) atoms. The number of nitriles is 1. The van der Waals surface area contributed by atoms with Gasteiger partial charge in [-0.1, -0.05) is 54.6 Å². The van der Waals surface area contributed by atoms with Crippen LogP contribution in [0.2, 0.25) is 0 Å². The van der Waals surface area contributed by atoms with Gasteiger partial charge in [-0.05, 0) is 35.4 Å². The lowest BCUT2D eigenvalue weighted by atomic mass is 10.0. The Balaban J connectivity index is 1.65. The van der Waals surface area contributed by atoms with E-state index >= 15 is 0 Å². The number of carbonyl (C=O) groups is 2. The van der Waals surface area contributed by atoms with Crippen molar-refractivity contribution in [3.8, 4) is 6.07 Å². The molecule has 0 saturated heterocycles. The summed E-state index contributed by atoms with van der Waals surface area (Å²) < 4.78 is 5.28. The van der Waals surface area contributed by atoms with Crippen LogP contribution in [0.4, 0.5) is 5.69 Å². The average Bonchev–Trinajstić information content (AvgIpc) is 2.68. The minimum atomic E-state index is -0.973. The van der Waals surface area contributed by atoms with Crippen LogP contribution in [0.1, 0.15) is 18.1 Å². The molecule has 3 rings (SSSR count). The summed E-state index contributed by atoms with van der Waals surface area (Å²) in [7, 11) is 0. The highest BCUT2D eigenvalue weighted by Gasteiger charge is 2.19. The van der Waals surface area contributed by atoms with Crippen molar-refractivity contribution in [3.63, 3.8) is 0 Å². The van der Waals surface area contributed by atoms with Gasteiger partial charge in [-0.25, -0.2) is 0 Å². The maximum absolute atomic E-state index is 12.3. The number of fused-ring (bicyclic) bond motifs is 1. The summed E-state index contributed by atoms with van der Waals surface area (Å²) in [5, 5.41) is 13.7. The maximum Gasteiger partial charge on any atom is 0.311 e. The standard InChI is InChI=1S/C22H18N2O3/c1-15(22(26)24-20-12-5-3-8-18(20)14-23)27-21(25)13-17-10-6-9-16-7-2-4-11-19(16)17/h2-12,15H,13H2,1H3,(H,24,26)/t15-/m1/s1. The lowest BCUT2D eigenvalue weighted by molar-refractivity contribution is -0.152. The van der Waals surface area contributed by atoms with E-state index in [4.69, 9.17) is 10.00 Å². The van der Waals surface area contributed by atoms with Crippen LogP contribution in [-0.4, -0.2) is 18.0 Å². The minimum Gasteiger partial charge on any atom is -0.452 e. The molecule has 0 saturated carbocycles. The van der Waals surface area contributed by atoms with E-state index in [9.17, 15) is 9.59 Å². The molecule has 0 heterocycles. The molecule has 3 aromatic carbocycles. The van der Waals surface area contributed by atoms with E-state index < -0.39 is 18.0 Å². The summed E-state index contributed by atoms with van der Waals surface area (Å²) in [6.07, 6.45) is -0.896. The first-order chi connectivity index (χ1) is 13.1. The van der Waals surface area contributed by atoms with Gasteiger partial charge in [0.15, 0.2) is 6.10 Å². The minimum absolute atomic E-state index is 0.0771. The van der Waals surface area contributed by atoms with Gasteiger partial charge in [0.1, 0.15) is 6.07 Å². The number of para-hydroxylation sites is 1. The highest BCUT2D eigenvalue weighted by Crippen LogP contribution is 2.19. The third-order valence-corrected chi connectivity index (χ3v) is 4.20. The van der Waals surface area contributed by atoms with Crippen LogP contribution in [0.25, 0.3) is 10.8 Å². The Morgan fingerprint density at radius 1 is 1.04 bits per heavy atom. The number of hydrogen-bond acceptors (Lipinski definition) is 4. The Hall–Kier alpha value is -3.65. The molecular formula is C22H18N2O3. The molecule has 0 aliphatic carbocycles. The fraction of sp³-hybridized carbons (Fsp3) is 0.136. The number of nitrogens with zero attached hydrogens (tertiary/aromatic N) is 1. The van der Waals surface area contributed by atoms with Gasteiger partial charge >= 0.3 is 5.97 Å². The molecule has 5 heteroatoms. The number of amides is 1. The zero-order valence-corrected chi connectivity index (χ0v) is 14.8. The van der Waals surface area contributed by atoms with Gasteiger partial charge < -0.3 is 10.1 Å². The Kier molecular flexibility index (Phi) is 5.48. The summed E-state index contributed by atoms with van der Waals surface area (Å²) in [5.41, 5.74) is 1.59.